The summed E-state index contributed by atoms with van der Waals surface area (Å²) in [6, 6.07) is 0.581. The molecule has 0 saturated heterocycles. The molecule has 1 heteroatoms. The number of hydrogen-bond donors (Lipinski definition) is 1. The van der Waals surface area contributed by atoms with E-state index in [1.807, 2.05) is 7.05 Å². The molecule has 1 nitrogen and oxygen atoms in total. The van der Waals surface area contributed by atoms with E-state index in [1.165, 1.54) is 18.4 Å². The average Bonchev–Trinajstić information content (AvgIpc) is 2.19. The Hall–Kier alpha value is -0.300. The first-order valence-corrected chi connectivity index (χ1v) is 7.32. The molecule has 0 fully saturated rings. The third-order valence-electron chi connectivity index (χ3n) is 3.75. The Kier molecular flexibility index (Phi) is 6.63. The summed E-state index contributed by atoms with van der Waals surface area (Å²) in [7, 11) is 2.03. The molecule has 0 aliphatic rings. The number of hydrogen-bond acceptors (Lipinski definition) is 1. The highest BCUT2D eigenvalue weighted by Gasteiger charge is 2.30. The van der Waals surface area contributed by atoms with E-state index in [9.17, 15) is 0 Å². The van der Waals surface area contributed by atoms with E-state index in [-0.39, 0.29) is 0 Å². The lowest BCUT2D eigenvalue weighted by Gasteiger charge is -2.37. The van der Waals surface area contributed by atoms with Crippen LogP contribution in [-0.4, -0.2) is 13.1 Å². The van der Waals surface area contributed by atoms with Gasteiger partial charge in [-0.05, 0) is 50.0 Å². The molecule has 0 aliphatic heterocycles. The number of rotatable bonds is 6. The molecule has 0 aromatic carbocycles. The summed E-state index contributed by atoms with van der Waals surface area (Å²) in [5.74, 6) is 0.613. The zero-order valence-corrected chi connectivity index (χ0v) is 14.0. The van der Waals surface area contributed by atoms with Gasteiger partial charge in [-0.1, -0.05) is 53.7 Å². The molecule has 2 atom stereocenters. The van der Waals surface area contributed by atoms with Crippen molar-refractivity contribution in [3.05, 3.63) is 12.2 Å². The van der Waals surface area contributed by atoms with E-state index < -0.39 is 0 Å². The van der Waals surface area contributed by atoms with Gasteiger partial charge in [0.05, 0.1) is 0 Å². The fourth-order valence-electron chi connectivity index (χ4n) is 2.40. The quantitative estimate of drug-likeness (QED) is 0.655. The molecular formula is C17H35N. The Labute approximate surface area is 115 Å². The lowest BCUT2D eigenvalue weighted by molar-refractivity contribution is 0.192. The Balaban J connectivity index is 4.63. The van der Waals surface area contributed by atoms with Crippen LogP contribution in [0.2, 0.25) is 0 Å². The highest BCUT2D eigenvalue weighted by atomic mass is 14.8. The first-order chi connectivity index (χ1) is 7.97. The van der Waals surface area contributed by atoms with Gasteiger partial charge in [0.15, 0.2) is 0 Å². The third-order valence-corrected chi connectivity index (χ3v) is 3.75. The van der Waals surface area contributed by atoms with E-state index in [4.69, 9.17) is 0 Å². The minimum absolute atomic E-state index is 0.313. The second kappa shape index (κ2) is 6.75. The van der Waals surface area contributed by atoms with Crippen LogP contribution in [0.1, 0.15) is 67.7 Å². The van der Waals surface area contributed by atoms with Crippen LogP contribution in [0.3, 0.4) is 0 Å². The van der Waals surface area contributed by atoms with Crippen LogP contribution in [0.4, 0.5) is 0 Å². The van der Waals surface area contributed by atoms with Crippen molar-refractivity contribution >= 4 is 0 Å². The molecule has 0 heterocycles. The Morgan fingerprint density at radius 3 is 1.94 bits per heavy atom. The summed E-state index contributed by atoms with van der Waals surface area (Å²) >= 11 is 0. The molecule has 18 heavy (non-hydrogen) atoms. The second-order valence-electron chi connectivity index (χ2n) is 8.07. The van der Waals surface area contributed by atoms with Crippen molar-refractivity contribution in [2.24, 2.45) is 16.7 Å². The van der Waals surface area contributed by atoms with E-state index in [1.54, 1.807) is 0 Å². The molecule has 0 radical (unpaired) electrons. The Morgan fingerprint density at radius 2 is 1.61 bits per heavy atom. The lowest BCUT2D eigenvalue weighted by Crippen LogP contribution is -2.28. The summed E-state index contributed by atoms with van der Waals surface area (Å²) in [5, 5.41) is 3.31. The van der Waals surface area contributed by atoms with Crippen LogP contribution in [0, 0.1) is 16.7 Å². The molecule has 0 spiro atoms. The summed E-state index contributed by atoms with van der Waals surface area (Å²) in [5.41, 5.74) is 2.11. The molecule has 108 valence electrons. The first-order valence-electron chi connectivity index (χ1n) is 7.32. The highest BCUT2D eigenvalue weighted by molar-refractivity contribution is 5.06. The van der Waals surface area contributed by atoms with E-state index in [2.05, 4.69) is 60.4 Å². The summed E-state index contributed by atoms with van der Waals surface area (Å²) in [4.78, 5) is 0. The van der Waals surface area contributed by atoms with Gasteiger partial charge in [0, 0.05) is 6.04 Å². The van der Waals surface area contributed by atoms with Gasteiger partial charge in [-0.3, -0.25) is 0 Å². The molecule has 0 bridgehead atoms. The maximum absolute atomic E-state index is 4.38. The maximum atomic E-state index is 4.38. The topological polar surface area (TPSA) is 12.0 Å². The molecule has 0 rings (SSSR count). The van der Waals surface area contributed by atoms with Gasteiger partial charge >= 0.3 is 0 Å². The molecule has 0 saturated carbocycles. The second-order valence-corrected chi connectivity index (χ2v) is 8.07. The van der Waals surface area contributed by atoms with Crippen LogP contribution in [0.15, 0.2) is 12.2 Å². The molecule has 0 aromatic heterocycles. The van der Waals surface area contributed by atoms with Gasteiger partial charge < -0.3 is 5.32 Å². The first kappa shape index (κ1) is 17.7. The average molecular weight is 253 g/mol. The predicted octanol–water partition coefficient (Wildman–Crippen LogP) is 5.03. The van der Waals surface area contributed by atoms with Crippen molar-refractivity contribution in [2.75, 3.05) is 7.05 Å². The van der Waals surface area contributed by atoms with Crippen molar-refractivity contribution in [3.8, 4) is 0 Å². The van der Waals surface area contributed by atoms with Crippen molar-refractivity contribution in [1.29, 1.82) is 0 Å². The molecule has 2 unspecified atom stereocenters. The van der Waals surface area contributed by atoms with Gasteiger partial charge in [0.25, 0.3) is 0 Å². The largest absolute Gasteiger partial charge is 0.317 e. The maximum Gasteiger partial charge on any atom is 0.00387 e. The SMILES string of the molecule is C=C(CCC(C)NC)C(CC(C)(C)C)C(C)(C)C. The van der Waals surface area contributed by atoms with Crippen molar-refractivity contribution < 1.29 is 0 Å². The molecule has 0 aliphatic carbocycles. The van der Waals surface area contributed by atoms with E-state index >= 15 is 0 Å². The Bertz CT molecular complexity index is 252. The Morgan fingerprint density at radius 1 is 1.11 bits per heavy atom. The molecular weight excluding hydrogens is 218 g/mol. The minimum atomic E-state index is 0.313. The van der Waals surface area contributed by atoms with Crippen molar-refractivity contribution in [2.45, 2.75) is 73.8 Å². The van der Waals surface area contributed by atoms with Crippen molar-refractivity contribution in [1.82, 2.24) is 5.32 Å². The number of allylic oxidation sites excluding steroid dienone is 1. The van der Waals surface area contributed by atoms with Gasteiger partial charge in [-0.15, -0.1) is 0 Å². The van der Waals surface area contributed by atoms with Gasteiger partial charge in [-0.2, -0.15) is 0 Å². The van der Waals surface area contributed by atoms with Crippen LogP contribution >= 0.6 is 0 Å². The van der Waals surface area contributed by atoms with Crippen LogP contribution in [0.25, 0.3) is 0 Å². The number of nitrogens with one attached hydrogen (secondary N) is 1. The highest BCUT2D eigenvalue weighted by Crippen LogP contribution is 2.41. The monoisotopic (exact) mass is 253 g/mol. The van der Waals surface area contributed by atoms with Crippen LogP contribution in [0.5, 0.6) is 0 Å². The van der Waals surface area contributed by atoms with E-state index in [0.717, 1.165) is 6.42 Å². The predicted molar refractivity (Wildman–Crippen MR) is 83.9 cm³/mol. The third kappa shape index (κ3) is 7.20. The minimum Gasteiger partial charge on any atom is -0.317 e. The van der Waals surface area contributed by atoms with Gasteiger partial charge in [0.1, 0.15) is 0 Å². The standard InChI is InChI=1S/C17H35N/c1-13(10-11-14(2)18-9)15(17(6,7)8)12-16(3,4)5/h14-15,18H,1,10-12H2,2-9H3. The van der Waals surface area contributed by atoms with Gasteiger partial charge in [-0.25, -0.2) is 0 Å². The zero-order chi connectivity index (χ0) is 14.6. The van der Waals surface area contributed by atoms with Crippen molar-refractivity contribution in [3.63, 3.8) is 0 Å². The smallest absolute Gasteiger partial charge is 0.00387 e. The van der Waals surface area contributed by atoms with E-state index in [0.29, 0.717) is 22.8 Å². The summed E-state index contributed by atoms with van der Waals surface area (Å²) in [6.45, 7) is 20.6. The lowest BCUT2D eigenvalue weighted by atomic mass is 9.68. The molecule has 0 amide bonds. The molecule has 1 N–H and O–H groups in total. The normalized spacial score (nSPS) is 16.4. The fraction of sp³-hybridized carbons (Fsp3) is 0.882. The summed E-state index contributed by atoms with van der Waals surface area (Å²) in [6.07, 6.45) is 3.55. The van der Waals surface area contributed by atoms with Crippen LogP contribution in [-0.2, 0) is 0 Å². The van der Waals surface area contributed by atoms with Crippen LogP contribution < -0.4 is 5.32 Å². The van der Waals surface area contributed by atoms with Gasteiger partial charge in [0.2, 0.25) is 0 Å². The molecule has 0 aromatic rings. The zero-order valence-electron chi connectivity index (χ0n) is 14.0. The summed E-state index contributed by atoms with van der Waals surface area (Å²) < 4.78 is 0. The fourth-order valence-corrected chi connectivity index (χ4v) is 2.40.